The van der Waals surface area contributed by atoms with Crippen molar-refractivity contribution in [1.82, 2.24) is 5.32 Å². The SMILES string of the molecule is C1CCCCC1.CC(C)(C)OC(=O)NCC(=O)O. The zero-order valence-electron chi connectivity index (χ0n) is 11.6. The molecule has 0 atom stereocenters. The van der Waals surface area contributed by atoms with Crippen LogP contribution in [-0.4, -0.2) is 29.3 Å². The van der Waals surface area contributed by atoms with E-state index >= 15 is 0 Å². The highest BCUT2D eigenvalue weighted by Gasteiger charge is 2.16. The molecular weight excluding hydrogens is 234 g/mol. The van der Waals surface area contributed by atoms with Crippen molar-refractivity contribution in [3.8, 4) is 0 Å². The number of hydrogen-bond acceptors (Lipinski definition) is 3. The number of aliphatic carboxylic acids is 1. The summed E-state index contributed by atoms with van der Waals surface area (Å²) in [7, 11) is 0. The second kappa shape index (κ2) is 8.78. The number of carbonyl (C=O) groups is 2. The highest BCUT2D eigenvalue weighted by atomic mass is 16.6. The molecule has 1 aliphatic carbocycles. The molecule has 0 spiro atoms. The summed E-state index contributed by atoms with van der Waals surface area (Å²) in [6.07, 6.45) is 8.28. The molecule has 0 heterocycles. The number of nitrogens with one attached hydrogen (secondary N) is 1. The quantitative estimate of drug-likeness (QED) is 0.799. The van der Waals surface area contributed by atoms with Gasteiger partial charge in [0.05, 0.1) is 0 Å². The fourth-order valence-electron chi connectivity index (χ4n) is 1.52. The lowest BCUT2D eigenvalue weighted by molar-refractivity contribution is -0.136. The molecule has 1 saturated carbocycles. The zero-order chi connectivity index (χ0) is 14.0. The van der Waals surface area contributed by atoms with Gasteiger partial charge in [0.15, 0.2) is 0 Å². The Morgan fingerprint density at radius 3 is 1.72 bits per heavy atom. The summed E-state index contributed by atoms with van der Waals surface area (Å²) in [4.78, 5) is 20.8. The van der Waals surface area contributed by atoms with Crippen LogP contribution in [0.5, 0.6) is 0 Å². The number of carbonyl (C=O) groups excluding carboxylic acids is 1. The molecule has 1 aliphatic rings. The maximum Gasteiger partial charge on any atom is 0.408 e. The number of alkyl carbamates (subject to hydrolysis) is 1. The average Bonchev–Trinajstić information content (AvgIpc) is 2.27. The van der Waals surface area contributed by atoms with E-state index in [9.17, 15) is 9.59 Å². The number of hydrogen-bond donors (Lipinski definition) is 2. The van der Waals surface area contributed by atoms with Crippen LogP contribution in [0.15, 0.2) is 0 Å². The molecule has 1 amide bonds. The first-order valence-corrected chi connectivity index (χ1v) is 6.50. The topological polar surface area (TPSA) is 75.6 Å². The predicted octanol–water partition coefficient (Wildman–Crippen LogP) is 2.94. The average molecular weight is 259 g/mol. The fourth-order valence-corrected chi connectivity index (χ4v) is 1.52. The molecule has 0 saturated heterocycles. The third kappa shape index (κ3) is 12.8. The molecule has 0 radical (unpaired) electrons. The smallest absolute Gasteiger partial charge is 0.408 e. The van der Waals surface area contributed by atoms with Crippen LogP contribution < -0.4 is 5.32 Å². The second-order valence-corrected chi connectivity index (χ2v) is 5.37. The lowest BCUT2D eigenvalue weighted by Crippen LogP contribution is -2.35. The Bertz CT molecular complexity index is 243. The molecular formula is C13H25NO4. The summed E-state index contributed by atoms with van der Waals surface area (Å²) in [6.45, 7) is 4.68. The summed E-state index contributed by atoms with van der Waals surface area (Å²) in [6, 6.07) is 0. The summed E-state index contributed by atoms with van der Waals surface area (Å²) in [5.41, 5.74) is -0.595. The molecule has 0 aliphatic heterocycles. The first kappa shape index (κ1) is 16.7. The Labute approximate surface area is 109 Å². The van der Waals surface area contributed by atoms with Crippen LogP contribution in [0.3, 0.4) is 0 Å². The third-order valence-electron chi connectivity index (χ3n) is 2.28. The summed E-state index contributed by atoms with van der Waals surface area (Å²) >= 11 is 0. The Kier molecular flexibility index (Phi) is 8.16. The van der Waals surface area contributed by atoms with Crippen LogP contribution in [0.1, 0.15) is 59.3 Å². The molecule has 106 valence electrons. The van der Waals surface area contributed by atoms with E-state index in [0.29, 0.717) is 0 Å². The Hall–Kier alpha value is -1.26. The highest BCUT2D eigenvalue weighted by molar-refractivity contribution is 5.76. The largest absolute Gasteiger partial charge is 0.480 e. The van der Waals surface area contributed by atoms with Crippen molar-refractivity contribution in [2.75, 3.05) is 6.54 Å². The number of amides is 1. The Morgan fingerprint density at radius 1 is 1.06 bits per heavy atom. The number of rotatable bonds is 2. The summed E-state index contributed by atoms with van der Waals surface area (Å²) in [5, 5.41) is 10.3. The Balaban J connectivity index is 0.000000397. The van der Waals surface area contributed by atoms with Gasteiger partial charge < -0.3 is 15.2 Å². The van der Waals surface area contributed by atoms with E-state index < -0.39 is 24.2 Å². The Morgan fingerprint density at radius 2 is 1.44 bits per heavy atom. The van der Waals surface area contributed by atoms with Crippen LogP contribution >= 0.6 is 0 Å². The van der Waals surface area contributed by atoms with E-state index in [1.54, 1.807) is 20.8 Å². The van der Waals surface area contributed by atoms with E-state index in [1.165, 1.54) is 38.5 Å². The minimum absolute atomic E-state index is 0.422. The third-order valence-corrected chi connectivity index (χ3v) is 2.28. The van der Waals surface area contributed by atoms with Gasteiger partial charge >= 0.3 is 12.1 Å². The van der Waals surface area contributed by atoms with Gasteiger partial charge in [0.1, 0.15) is 12.1 Å². The molecule has 0 unspecified atom stereocenters. The minimum atomic E-state index is -1.10. The van der Waals surface area contributed by atoms with Gasteiger partial charge in [-0.3, -0.25) is 4.79 Å². The van der Waals surface area contributed by atoms with Crippen molar-refractivity contribution >= 4 is 12.1 Å². The standard InChI is InChI=1S/C7H13NO4.C6H12/c1-7(2,3)12-6(11)8-4-5(9)10;1-2-4-6-5-3-1/h4H2,1-3H3,(H,8,11)(H,9,10);1-6H2. The normalized spacial score (nSPS) is 15.1. The maximum absolute atomic E-state index is 10.8. The van der Waals surface area contributed by atoms with Crippen molar-refractivity contribution in [3.63, 3.8) is 0 Å². The van der Waals surface area contributed by atoms with Crippen molar-refractivity contribution in [1.29, 1.82) is 0 Å². The van der Waals surface area contributed by atoms with E-state index in [-0.39, 0.29) is 0 Å². The molecule has 18 heavy (non-hydrogen) atoms. The minimum Gasteiger partial charge on any atom is -0.480 e. The number of carboxylic acids is 1. The van der Waals surface area contributed by atoms with Crippen LogP contribution in [0.2, 0.25) is 0 Å². The van der Waals surface area contributed by atoms with Crippen LogP contribution in [0.25, 0.3) is 0 Å². The number of carboxylic acid groups (broad SMARTS) is 1. The van der Waals surface area contributed by atoms with Gasteiger partial charge in [-0.15, -0.1) is 0 Å². The highest BCUT2D eigenvalue weighted by Crippen LogP contribution is 2.15. The molecule has 0 aromatic heterocycles. The zero-order valence-corrected chi connectivity index (χ0v) is 11.6. The van der Waals surface area contributed by atoms with Crippen molar-refractivity contribution < 1.29 is 19.4 Å². The molecule has 0 aromatic carbocycles. The first-order valence-electron chi connectivity index (χ1n) is 6.50. The molecule has 1 rings (SSSR count). The van der Waals surface area contributed by atoms with Gasteiger partial charge in [-0.1, -0.05) is 38.5 Å². The van der Waals surface area contributed by atoms with Crippen molar-refractivity contribution in [2.45, 2.75) is 64.9 Å². The molecule has 0 aromatic rings. The molecule has 2 N–H and O–H groups in total. The van der Waals surface area contributed by atoms with E-state index in [4.69, 9.17) is 9.84 Å². The van der Waals surface area contributed by atoms with E-state index in [0.717, 1.165) is 0 Å². The predicted molar refractivity (Wildman–Crippen MR) is 69.6 cm³/mol. The molecule has 5 nitrogen and oxygen atoms in total. The molecule has 1 fully saturated rings. The maximum atomic E-state index is 10.8. The van der Waals surface area contributed by atoms with Crippen molar-refractivity contribution in [3.05, 3.63) is 0 Å². The van der Waals surface area contributed by atoms with Crippen molar-refractivity contribution in [2.24, 2.45) is 0 Å². The van der Waals surface area contributed by atoms with Gasteiger partial charge in [0.2, 0.25) is 0 Å². The van der Waals surface area contributed by atoms with Crippen LogP contribution in [0.4, 0.5) is 4.79 Å². The second-order valence-electron chi connectivity index (χ2n) is 5.37. The van der Waals surface area contributed by atoms with Gasteiger partial charge in [0.25, 0.3) is 0 Å². The molecule has 5 heteroatoms. The van der Waals surface area contributed by atoms with Gasteiger partial charge in [-0.2, -0.15) is 0 Å². The summed E-state index contributed by atoms with van der Waals surface area (Å²) < 4.78 is 4.77. The summed E-state index contributed by atoms with van der Waals surface area (Å²) in [5.74, 6) is -1.10. The van der Waals surface area contributed by atoms with Gasteiger partial charge in [0, 0.05) is 0 Å². The molecule has 0 bridgehead atoms. The van der Waals surface area contributed by atoms with Crippen LogP contribution in [0, 0.1) is 0 Å². The number of ether oxygens (including phenoxy) is 1. The lowest BCUT2D eigenvalue weighted by atomic mass is 10.0. The fraction of sp³-hybridized carbons (Fsp3) is 0.846. The van der Waals surface area contributed by atoms with E-state index in [2.05, 4.69) is 5.32 Å². The van der Waals surface area contributed by atoms with Gasteiger partial charge in [-0.25, -0.2) is 4.79 Å². The lowest BCUT2D eigenvalue weighted by Gasteiger charge is -2.19. The van der Waals surface area contributed by atoms with Gasteiger partial charge in [-0.05, 0) is 20.8 Å². The van der Waals surface area contributed by atoms with Crippen LogP contribution in [-0.2, 0) is 9.53 Å². The van der Waals surface area contributed by atoms with E-state index in [1.807, 2.05) is 0 Å². The monoisotopic (exact) mass is 259 g/mol. The first-order chi connectivity index (χ1) is 8.31.